The van der Waals surface area contributed by atoms with Crippen LogP contribution in [0.15, 0.2) is 0 Å². The SMILES string of the molecule is CO[C@H]1O[C@H](COC(C)=O)[C@@H](OC(C)=O)[C@H](C[C@@H]2O[C@H](COC(C)=O)[C@@H](OC(C)=O)[C@H](OC(C)=O)[C@H]2OC(C)=O)[C@H]1OC(C)=O. The quantitative estimate of drug-likeness (QED) is 0.200. The first kappa shape index (κ1) is 37.4. The van der Waals surface area contributed by atoms with E-state index in [-0.39, 0.29) is 6.42 Å². The fraction of sp³-hybridized carbons (Fsp3) is 0.750. The summed E-state index contributed by atoms with van der Waals surface area (Å²) in [6, 6.07) is 0. The Hall–Kier alpha value is -3.83. The van der Waals surface area contributed by atoms with Gasteiger partial charge in [-0.1, -0.05) is 0 Å². The zero-order valence-electron chi connectivity index (χ0n) is 26.3. The minimum atomic E-state index is -1.47. The van der Waals surface area contributed by atoms with E-state index in [9.17, 15) is 33.6 Å². The average molecular weight is 649 g/mol. The van der Waals surface area contributed by atoms with Crippen LogP contribution in [0, 0.1) is 5.92 Å². The number of hydrogen-bond donors (Lipinski definition) is 0. The fourth-order valence-electron chi connectivity index (χ4n) is 5.25. The fourth-order valence-corrected chi connectivity index (χ4v) is 5.25. The van der Waals surface area contributed by atoms with Crippen LogP contribution in [0.1, 0.15) is 54.9 Å². The van der Waals surface area contributed by atoms with Crippen molar-refractivity contribution in [3.8, 4) is 0 Å². The van der Waals surface area contributed by atoms with Gasteiger partial charge in [0.15, 0.2) is 30.7 Å². The molecule has 0 aromatic heterocycles. The van der Waals surface area contributed by atoms with Gasteiger partial charge < -0.3 is 47.4 Å². The van der Waals surface area contributed by atoms with E-state index in [2.05, 4.69) is 0 Å². The summed E-state index contributed by atoms with van der Waals surface area (Å²) in [5.74, 6) is -6.40. The normalized spacial score (nSPS) is 31.0. The molecule has 0 aromatic rings. The predicted molar refractivity (Wildman–Crippen MR) is 143 cm³/mol. The van der Waals surface area contributed by atoms with Crippen molar-refractivity contribution in [2.45, 2.75) is 110 Å². The highest BCUT2D eigenvalue weighted by Crippen LogP contribution is 2.39. The van der Waals surface area contributed by atoms with Gasteiger partial charge in [-0.15, -0.1) is 0 Å². The van der Waals surface area contributed by atoms with Crippen LogP contribution < -0.4 is 0 Å². The molecule has 2 saturated heterocycles. The number of methoxy groups -OCH3 is 1. The maximum absolute atomic E-state index is 12.3. The molecule has 45 heavy (non-hydrogen) atoms. The van der Waals surface area contributed by atoms with Gasteiger partial charge in [-0.25, -0.2) is 0 Å². The molecule has 0 saturated carbocycles. The second-order valence-electron chi connectivity index (χ2n) is 10.4. The molecule has 2 rings (SSSR count). The molecule has 10 atom stereocenters. The molecule has 254 valence electrons. The van der Waals surface area contributed by atoms with Crippen LogP contribution in [0.25, 0.3) is 0 Å². The summed E-state index contributed by atoms with van der Waals surface area (Å²) in [6.07, 6.45) is -12.0. The Morgan fingerprint density at radius 2 is 0.844 bits per heavy atom. The average Bonchev–Trinajstić information content (AvgIpc) is 2.90. The van der Waals surface area contributed by atoms with Crippen LogP contribution in [0.5, 0.6) is 0 Å². The van der Waals surface area contributed by atoms with E-state index in [1.807, 2.05) is 0 Å². The molecule has 17 nitrogen and oxygen atoms in total. The topological polar surface area (TPSA) is 212 Å². The zero-order valence-corrected chi connectivity index (χ0v) is 26.3. The van der Waals surface area contributed by atoms with E-state index in [1.54, 1.807) is 0 Å². The molecule has 0 unspecified atom stereocenters. The Labute approximate surface area is 259 Å². The summed E-state index contributed by atoms with van der Waals surface area (Å²) >= 11 is 0. The molecule has 0 N–H and O–H groups in total. The summed E-state index contributed by atoms with van der Waals surface area (Å²) in [6.45, 7) is 6.93. The van der Waals surface area contributed by atoms with E-state index in [0.717, 1.165) is 48.5 Å². The molecule has 2 heterocycles. The molecule has 2 fully saturated rings. The van der Waals surface area contributed by atoms with Crippen molar-refractivity contribution >= 4 is 41.8 Å². The third-order valence-electron chi connectivity index (χ3n) is 6.67. The van der Waals surface area contributed by atoms with Crippen molar-refractivity contribution in [2.24, 2.45) is 5.92 Å². The van der Waals surface area contributed by atoms with Crippen LogP contribution in [-0.2, 0) is 80.9 Å². The van der Waals surface area contributed by atoms with Crippen molar-refractivity contribution in [3.63, 3.8) is 0 Å². The van der Waals surface area contributed by atoms with Crippen molar-refractivity contribution in [1.82, 2.24) is 0 Å². The van der Waals surface area contributed by atoms with Gasteiger partial charge in [0.1, 0.15) is 31.5 Å². The molecular formula is C28H40O17. The van der Waals surface area contributed by atoms with Gasteiger partial charge in [-0.05, 0) is 6.42 Å². The minimum absolute atomic E-state index is 0.269. The summed E-state index contributed by atoms with van der Waals surface area (Å²) in [7, 11) is 1.27. The third-order valence-corrected chi connectivity index (χ3v) is 6.67. The van der Waals surface area contributed by atoms with Gasteiger partial charge in [0, 0.05) is 61.5 Å². The summed E-state index contributed by atoms with van der Waals surface area (Å²) < 4.78 is 55.4. The highest BCUT2D eigenvalue weighted by atomic mass is 16.7. The first-order chi connectivity index (χ1) is 21.0. The number of carbonyl (C=O) groups excluding carboxylic acids is 7. The van der Waals surface area contributed by atoms with Crippen molar-refractivity contribution < 1.29 is 80.9 Å². The standard InChI is InChI=1S/C28H40O17/c1-12(29)37-10-21-23(39-14(3)31)19(24(40-15(4)32)28(36-8)45-21)9-20-25(41-16(5)33)27(43-18(7)35)26(42-17(6)34)22(44-20)11-38-13(2)30/h19-28H,9-11H2,1-8H3/t19-,20-,21+,22+,23-,24+,25-,26+,27+,28-/m0/s1. The molecule has 0 aromatic carbocycles. The molecule has 0 aliphatic carbocycles. The molecule has 0 bridgehead atoms. The van der Waals surface area contributed by atoms with Crippen LogP contribution in [0.2, 0.25) is 0 Å². The molecule has 17 heteroatoms. The third kappa shape index (κ3) is 11.2. The van der Waals surface area contributed by atoms with Crippen molar-refractivity contribution in [1.29, 1.82) is 0 Å². The van der Waals surface area contributed by atoms with Crippen LogP contribution >= 0.6 is 0 Å². The van der Waals surface area contributed by atoms with E-state index in [1.165, 1.54) is 7.11 Å². The van der Waals surface area contributed by atoms with Crippen LogP contribution in [-0.4, -0.2) is 117 Å². The summed E-state index contributed by atoms with van der Waals surface area (Å²) in [4.78, 5) is 84.4. The molecule has 0 spiro atoms. The first-order valence-electron chi connectivity index (χ1n) is 14.0. The number of rotatable bonds is 12. The zero-order chi connectivity index (χ0) is 34.0. The second-order valence-corrected chi connectivity index (χ2v) is 10.4. The predicted octanol–water partition coefficient (Wildman–Crippen LogP) is -0.0839. The monoisotopic (exact) mass is 648 g/mol. The molecule has 0 radical (unpaired) electrons. The summed E-state index contributed by atoms with van der Waals surface area (Å²) in [5, 5.41) is 0. The van der Waals surface area contributed by atoms with Crippen LogP contribution in [0.4, 0.5) is 0 Å². The van der Waals surface area contributed by atoms with Crippen LogP contribution in [0.3, 0.4) is 0 Å². The lowest BCUT2D eigenvalue weighted by Gasteiger charge is -2.48. The largest absolute Gasteiger partial charge is 0.463 e. The van der Waals surface area contributed by atoms with Gasteiger partial charge in [-0.2, -0.15) is 0 Å². The number of ether oxygens (including phenoxy) is 10. The summed E-state index contributed by atoms with van der Waals surface area (Å²) in [5.41, 5.74) is 0. The number of hydrogen-bond acceptors (Lipinski definition) is 17. The number of carbonyl (C=O) groups is 7. The van der Waals surface area contributed by atoms with E-state index in [4.69, 9.17) is 47.4 Å². The molecular weight excluding hydrogens is 608 g/mol. The smallest absolute Gasteiger partial charge is 0.303 e. The first-order valence-corrected chi connectivity index (χ1v) is 14.0. The second kappa shape index (κ2) is 17.0. The Balaban J connectivity index is 2.70. The van der Waals surface area contributed by atoms with E-state index < -0.39 is 116 Å². The van der Waals surface area contributed by atoms with Gasteiger partial charge in [0.2, 0.25) is 0 Å². The van der Waals surface area contributed by atoms with E-state index >= 15 is 0 Å². The Bertz CT molecular complexity index is 1100. The Kier molecular flexibility index (Phi) is 14.1. The maximum atomic E-state index is 12.3. The van der Waals surface area contributed by atoms with E-state index in [0.29, 0.717) is 0 Å². The van der Waals surface area contributed by atoms with Gasteiger partial charge in [-0.3, -0.25) is 33.6 Å². The molecule has 0 amide bonds. The maximum Gasteiger partial charge on any atom is 0.303 e. The van der Waals surface area contributed by atoms with Gasteiger partial charge in [0.05, 0.1) is 6.10 Å². The van der Waals surface area contributed by atoms with Crippen molar-refractivity contribution in [2.75, 3.05) is 20.3 Å². The highest BCUT2D eigenvalue weighted by molar-refractivity contribution is 5.69. The van der Waals surface area contributed by atoms with Gasteiger partial charge in [0.25, 0.3) is 0 Å². The van der Waals surface area contributed by atoms with Gasteiger partial charge >= 0.3 is 41.8 Å². The minimum Gasteiger partial charge on any atom is -0.463 e. The Morgan fingerprint density at radius 3 is 1.27 bits per heavy atom. The lowest BCUT2D eigenvalue weighted by molar-refractivity contribution is -0.299. The van der Waals surface area contributed by atoms with Crippen molar-refractivity contribution in [3.05, 3.63) is 0 Å². The lowest BCUT2D eigenvalue weighted by Crippen LogP contribution is -2.64. The Morgan fingerprint density at radius 1 is 0.467 bits per heavy atom. The lowest BCUT2D eigenvalue weighted by atomic mass is 9.80. The number of esters is 7. The molecule has 2 aliphatic rings. The highest BCUT2D eigenvalue weighted by Gasteiger charge is 2.56. The molecule has 2 aliphatic heterocycles.